The van der Waals surface area contributed by atoms with Crippen LogP contribution in [0.25, 0.3) is 10.9 Å². The van der Waals surface area contributed by atoms with Crippen LogP contribution in [0, 0.1) is 6.92 Å². The zero-order valence-electron chi connectivity index (χ0n) is 12.7. The van der Waals surface area contributed by atoms with Crippen LogP contribution in [-0.2, 0) is 15.8 Å². The maximum Gasteiger partial charge on any atom is 0.243 e. The molecule has 0 N–H and O–H groups in total. The van der Waals surface area contributed by atoms with Gasteiger partial charge in [-0.15, -0.1) is 0 Å². The lowest BCUT2D eigenvalue weighted by atomic mass is 10.2. The van der Waals surface area contributed by atoms with E-state index in [9.17, 15) is 8.42 Å². The number of aryl methyl sites for hydroxylation is 1. The molecule has 1 aromatic carbocycles. The Morgan fingerprint density at radius 3 is 2.61 bits per heavy atom. The molecule has 0 radical (unpaired) electrons. The van der Waals surface area contributed by atoms with Crippen molar-refractivity contribution in [2.24, 2.45) is 0 Å². The second kappa shape index (κ2) is 5.98. The van der Waals surface area contributed by atoms with Crippen molar-refractivity contribution >= 4 is 36.9 Å². The van der Waals surface area contributed by atoms with Crippen molar-refractivity contribution in [1.82, 2.24) is 8.96 Å². The van der Waals surface area contributed by atoms with E-state index in [0.717, 1.165) is 15.4 Å². The molecule has 23 heavy (non-hydrogen) atoms. The summed E-state index contributed by atoms with van der Waals surface area (Å²) in [6.45, 7) is 1.76. The molecular formula is C16H15BrN2O3S. The molecule has 5 nitrogen and oxygen atoms in total. The van der Waals surface area contributed by atoms with Crippen LogP contribution < -0.4 is 4.74 Å². The molecule has 0 bridgehead atoms. The Bertz CT molecular complexity index is 966. The Morgan fingerprint density at radius 1 is 1.26 bits per heavy atom. The average molecular weight is 395 g/mol. The first-order valence-corrected chi connectivity index (χ1v) is 9.32. The van der Waals surface area contributed by atoms with Crippen LogP contribution in [0.5, 0.6) is 5.88 Å². The molecule has 2 heterocycles. The number of ether oxygens (including phenoxy) is 1. The van der Waals surface area contributed by atoms with Crippen molar-refractivity contribution in [3.63, 3.8) is 0 Å². The fourth-order valence-electron chi connectivity index (χ4n) is 2.61. The fourth-order valence-corrected chi connectivity index (χ4v) is 4.70. The summed E-state index contributed by atoms with van der Waals surface area (Å²) in [5.41, 5.74) is 1.80. The Morgan fingerprint density at radius 2 is 1.96 bits per heavy atom. The lowest BCUT2D eigenvalue weighted by molar-refractivity contribution is 0.402. The minimum atomic E-state index is -3.60. The Balaban J connectivity index is 2.23. The molecule has 2 aromatic heterocycles. The molecule has 0 atom stereocenters. The third kappa shape index (κ3) is 2.86. The number of pyridine rings is 1. The predicted molar refractivity (Wildman–Crippen MR) is 93.2 cm³/mol. The topological polar surface area (TPSA) is 61.2 Å². The van der Waals surface area contributed by atoms with Crippen LogP contribution in [0.4, 0.5) is 0 Å². The van der Waals surface area contributed by atoms with Gasteiger partial charge in [0.25, 0.3) is 0 Å². The molecule has 0 saturated heterocycles. The van der Waals surface area contributed by atoms with Crippen molar-refractivity contribution < 1.29 is 13.2 Å². The molecule has 7 heteroatoms. The summed E-state index contributed by atoms with van der Waals surface area (Å²) in [5.74, 6) is 0.196. The van der Waals surface area contributed by atoms with E-state index in [2.05, 4.69) is 20.9 Å². The third-order valence-corrected chi connectivity index (χ3v) is 5.91. The van der Waals surface area contributed by atoms with Crippen LogP contribution in [0.1, 0.15) is 11.3 Å². The fraction of sp³-hybridized carbons (Fsp3) is 0.188. The highest BCUT2D eigenvalue weighted by Gasteiger charge is 2.23. The summed E-state index contributed by atoms with van der Waals surface area (Å²) in [5, 5.41) is 0.756. The van der Waals surface area contributed by atoms with Gasteiger partial charge >= 0.3 is 0 Å². The van der Waals surface area contributed by atoms with Crippen LogP contribution in [0.15, 0.2) is 47.1 Å². The van der Waals surface area contributed by atoms with E-state index in [0.29, 0.717) is 11.2 Å². The van der Waals surface area contributed by atoms with Gasteiger partial charge < -0.3 is 4.74 Å². The molecule has 0 unspecified atom stereocenters. The number of aromatic nitrogens is 2. The molecule has 0 fully saturated rings. The molecular weight excluding hydrogens is 380 g/mol. The Hall–Kier alpha value is -1.86. The molecule has 0 aliphatic heterocycles. The first-order valence-electron chi connectivity index (χ1n) is 6.92. The lowest BCUT2D eigenvalue weighted by Crippen LogP contribution is -2.16. The molecule has 0 aliphatic carbocycles. The molecule has 0 aliphatic rings. The van der Waals surface area contributed by atoms with Gasteiger partial charge in [-0.05, 0) is 34.5 Å². The average Bonchev–Trinajstić information content (AvgIpc) is 2.87. The molecule has 120 valence electrons. The zero-order chi connectivity index (χ0) is 16.6. The minimum absolute atomic E-state index is 0.0892. The van der Waals surface area contributed by atoms with E-state index >= 15 is 0 Å². The van der Waals surface area contributed by atoms with Crippen LogP contribution in [-0.4, -0.2) is 24.5 Å². The van der Waals surface area contributed by atoms with Crippen molar-refractivity contribution in [2.75, 3.05) is 7.11 Å². The maximum atomic E-state index is 12.9. The zero-order valence-corrected chi connectivity index (χ0v) is 15.1. The standard InChI is InChI=1S/C16H15BrN2O3S/c1-11-8-13-14(17)9-18-16(22-2)15(13)19(11)23(20,21)10-12-6-4-3-5-7-12/h3-9H,10H2,1-2H3. The molecule has 0 spiro atoms. The minimum Gasteiger partial charge on any atom is -0.479 e. The largest absolute Gasteiger partial charge is 0.479 e. The number of methoxy groups -OCH3 is 1. The molecule has 0 saturated carbocycles. The van der Waals surface area contributed by atoms with Gasteiger partial charge in [-0.1, -0.05) is 30.3 Å². The second-order valence-electron chi connectivity index (χ2n) is 5.17. The summed E-state index contributed by atoms with van der Waals surface area (Å²) < 4.78 is 33.2. The van der Waals surface area contributed by atoms with Gasteiger partial charge in [0.2, 0.25) is 15.9 Å². The summed E-state index contributed by atoms with van der Waals surface area (Å²) in [4.78, 5) is 4.17. The van der Waals surface area contributed by atoms with Gasteiger partial charge in [0, 0.05) is 21.7 Å². The number of fused-ring (bicyclic) bond motifs is 1. The van der Waals surface area contributed by atoms with Gasteiger partial charge in [0.1, 0.15) is 5.52 Å². The Kier molecular flexibility index (Phi) is 4.16. The van der Waals surface area contributed by atoms with Gasteiger partial charge in [-0.25, -0.2) is 17.4 Å². The van der Waals surface area contributed by atoms with Gasteiger partial charge in [-0.3, -0.25) is 0 Å². The van der Waals surface area contributed by atoms with Crippen LogP contribution in [0.2, 0.25) is 0 Å². The van der Waals surface area contributed by atoms with E-state index in [-0.39, 0.29) is 11.6 Å². The van der Waals surface area contributed by atoms with Crippen molar-refractivity contribution in [2.45, 2.75) is 12.7 Å². The highest BCUT2D eigenvalue weighted by Crippen LogP contribution is 2.34. The van der Waals surface area contributed by atoms with E-state index in [1.54, 1.807) is 25.3 Å². The summed E-state index contributed by atoms with van der Waals surface area (Å²) in [6, 6.07) is 10.9. The molecule has 3 rings (SSSR count). The number of hydrogen-bond acceptors (Lipinski definition) is 4. The summed E-state index contributed by atoms with van der Waals surface area (Å²) in [7, 11) is -2.12. The van der Waals surface area contributed by atoms with Gasteiger partial charge in [-0.2, -0.15) is 0 Å². The number of hydrogen-bond donors (Lipinski definition) is 0. The highest BCUT2D eigenvalue weighted by molar-refractivity contribution is 9.10. The van der Waals surface area contributed by atoms with Gasteiger partial charge in [0.15, 0.2) is 0 Å². The SMILES string of the molecule is COc1ncc(Br)c2cc(C)n(S(=O)(=O)Cc3ccccc3)c12. The normalized spacial score (nSPS) is 11.8. The summed E-state index contributed by atoms with van der Waals surface area (Å²) >= 11 is 3.42. The van der Waals surface area contributed by atoms with E-state index in [1.807, 2.05) is 24.3 Å². The predicted octanol–water partition coefficient (Wildman–Crippen LogP) is 3.49. The number of benzene rings is 1. The second-order valence-corrected chi connectivity index (χ2v) is 7.84. The van der Waals surface area contributed by atoms with E-state index in [1.165, 1.54) is 11.1 Å². The first kappa shape index (κ1) is 16.0. The highest BCUT2D eigenvalue weighted by atomic mass is 79.9. The van der Waals surface area contributed by atoms with Crippen molar-refractivity contribution in [1.29, 1.82) is 0 Å². The number of halogens is 1. The smallest absolute Gasteiger partial charge is 0.243 e. The quantitative estimate of drug-likeness (QED) is 0.679. The lowest BCUT2D eigenvalue weighted by Gasteiger charge is -2.12. The first-order chi connectivity index (χ1) is 10.9. The third-order valence-electron chi connectivity index (χ3n) is 3.55. The number of nitrogens with zero attached hydrogens (tertiary/aromatic N) is 2. The monoisotopic (exact) mass is 394 g/mol. The summed E-state index contributed by atoms with van der Waals surface area (Å²) in [6.07, 6.45) is 1.61. The molecule has 3 aromatic rings. The van der Waals surface area contributed by atoms with Crippen molar-refractivity contribution in [3.8, 4) is 5.88 Å². The van der Waals surface area contributed by atoms with Crippen molar-refractivity contribution in [3.05, 3.63) is 58.3 Å². The molecule has 0 amide bonds. The van der Waals surface area contributed by atoms with Gasteiger partial charge in [0.05, 0.1) is 12.9 Å². The van der Waals surface area contributed by atoms with Crippen LogP contribution in [0.3, 0.4) is 0 Å². The van der Waals surface area contributed by atoms with Crippen LogP contribution >= 0.6 is 15.9 Å². The maximum absolute atomic E-state index is 12.9. The van der Waals surface area contributed by atoms with E-state index < -0.39 is 10.0 Å². The number of rotatable bonds is 4. The van der Waals surface area contributed by atoms with E-state index in [4.69, 9.17) is 4.74 Å². The Labute approximate surface area is 143 Å².